The Morgan fingerprint density at radius 3 is 2.52 bits per heavy atom. The van der Waals surface area contributed by atoms with E-state index in [4.69, 9.17) is 9.47 Å². The lowest BCUT2D eigenvalue weighted by atomic mass is 9.89. The van der Waals surface area contributed by atoms with E-state index in [9.17, 15) is 23.1 Å². The number of ether oxygens (including phenoxy) is 2. The fraction of sp³-hybridized carbons (Fsp3) is 0.323. The van der Waals surface area contributed by atoms with Crippen molar-refractivity contribution in [3.05, 3.63) is 88.7 Å². The van der Waals surface area contributed by atoms with Gasteiger partial charge in [-0.1, -0.05) is 0 Å². The minimum atomic E-state index is -2.73. The molecule has 11 heteroatoms. The van der Waals surface area contributed by atoms with Crippen LogP contribution in [0.5, 0.6) is 5.75 Å². The molecule has 4 aromatic rings. The molecule has 1 aliphatic rings. The van der Waals surface area contributed by atoms with Crippen LogP contribution < -0.4 is 10.1 Å². The smallest absolute Gasteiger partial charge is 0.265 e. The molecule has 220 valence electrons. The second-order valence-electron chi connectivity index (χ2n) is 10.7. The molecule has 7 nitrogen and oxygen atoms in total. The molecule has 42 heavy (non-hydrogen) atoms. The van der Waals surface area contributed by atoms with E-state index in [2.05, 4.69) is 15.3 Å². The van der Waals surface area contributed by atoms with Crippen LogP contribution in [0.15, 0.2) is 54.7 Å². The summed E-state index contributed by atoms with van der Waals surface area (Å²) in [6.07, 6.45) is -0.608. The fourth-order valence-corrected chi connectivity index (χ4v) is 5.10. The molecule has 1 aliphatic heterocycles. The molecular formula is C31H29F4N3O4. The maximum atomic E-state index is 15.7. The van der Waals surface area contributed by atoms with Crippen LogP contribution in [0.2, 0.25) is 0 Å². The third kappa shape index (κ3) is 5.66. The summed E-state index contributed by atoms with van der Waals surface area (Å²) < 4.78 is 67.3. The summed E-state index contributed by atoms with van der Waals surface area (Å²) in [5.74, 6) is -1.54. The third-order valence-electron chi connectivity index (χ3n) is 7.34. The van der Waals surface area contributed by atoms with Gasteiger partial charge in [-0.05, 0) is 75.2 Å². The van der Waals surface area contributed by atoms with Gasteiger partial charge in [0.1, 0.15) is 28.4 Å². The summed E-state index contributed by atoms with van der Waals surface area (Å²) in [7, 11) is 1.39. The molecule has 1 saturated heterocycles. The van der Waals surface area contributed by atoms with Crippen LogP contribution >= 0.6 is 0 Å². The first-order valence-electron chi connectivity index (χ1n) is 13.3. The number of nitrogens with one attached hydrogen (secondary N) is 1. The van der Waals surface area contributed by atoms with E-state index < -0.39 is 35.2 Å². The topological polar surface area (TPSA) is 93.6 Å². The lowest BCUT2D eigenvalue weighted by Gasteiger charge is -2.31. The summed E-state index contributed by atoms with van der Waals surface area (Å²) in [6.45, 7) is 3.17. The number of pyridine rings is 2. The van der Waals surface area contributed by atoms with Gasteiger partial charge in [0, 0.05) is 40.4 Å². The van der Waals surface area contributed by atoms with Crippen LogP contribution in [-0.2, 0) is 15.9 Å². The number of hydrogen-bond donors (Lipinski definition) is 2. The number of alkyl halides is 2. The summed E-state index contributed by atoms with van der Waals surface area (Å²) in [5, 5.41) is 13.9. The van der Waals surface area contributed by atoms with Gasteiger partial charge in [0.2, 0.25) is 0 Å². The zero-order valence-corrected chi connectivity index (χ0v) is 23.2. The zero-order valence-electron chi connectivity index (χ0n) is 23.2. The molecule has 2 N–H and O–H groups in total. The number of methoxy groups -OCH3 is 1. The minimum absolute atomic E-state index is 0.0328. The molecule has 3 heterocycles. The Bertz CT molecular complexity index is 1630. The lowest BCUT2D eigenvalue weighted by Crippen LogP contribution is -2.41. The van der Waals surface area contributed by atoms with Gasteiger partial charge in [0.05, 0.1) is 24.9 Å². The predicted molar refractivity (Wildman–Crippen MR) is 147 cm³/mol. The van der Waals surface area contributed by atoms with Gasteiger partial charge in [-0.25, -0.2) is 22.5 Å². The maximum Gasteiger partial charge on any atom is 0.265 e. The van der Waals surface area contributed by atoms with Crippen LogP contribution in [0.1, 0.15) is 60.3 Å². The van der Waals surface area contributed by atoms with Crippen molar-refractivity contribution in [2.75, 3.05) is 20.3 Å². The highest BCUT2D eigenvalue weighted by Crippen LogP contribution is 2.39. The number of benzene rings is 2. The molecule has 2 aromatic carbocycles. The van der Waals surface area contributed by atoms with Gasteiger partial charge in [0.15, 0.2) is 5.82 Å². The standard InChI is InChI=1S/C31H29F4N3O4/c1-30(2,40)22-14-24(38-27(25(22)33)17-5-7-21(32)8-6-17)31(9-4-10-42-31)16-37-29(39)19-11-18-12-20(28(34)35)15-36-26(18)23(13-19)41-3/h5-8,11-15,28,40H,4,9-10,16H2,1-3H3,(H,37,39). The Kier molecular flexibility index (Phi) is 7.91. The monoisotopic (exact) mass is 583 g/mol. The van der Waals surface area contributed by atoms with Crippen molar-refractivity contribution in [3.63, 3.8) is 0 Å². The molecule has 5 rings (SSSR count). The van der Waals surface area contributed by atoms with Crippen molar-refractivity contribution in [3.8, 4) is 17.0 Å². The Hall–Kier alpha value is -4.09. The number of halogens is 4. The number of aliphatic hydroxyl groups is 1. The van der Waals surface area contributed by atoms with Gasteiger partial charge >= 0.3 is 0 Å². The van der Waals surface area contributed by atoms with Gasteiger partial charge in [0.25, 0.3) is 12.3 Å². The van der Waals surface area contributed by atoms with E-state index in [1.807, 2.05) is 0 Å². The molecule has 1 unspecified atom stereocenters. The Morgan fingerprint density at radius 2 is 1.90 bits per heavy atom. The maximum absolute atomic E-state index is 15.7. The summed E-state index contributed by atoms with van der Waals surface area (Å²) in [4.78, 5) is 22.0. The van der Waals surface area contributed by atoms with Crippen LogP contribution in [0.3, 0.4) is 0 Å². The van der Waals surface area contributed by atoms with Crippen LogP contribution in [-0.4, -0.2) is 41.2 Å². The summed E-state index contributed by atoms with van der Waals surface area (Å²) in [6, 6.07) is 10.8. The average Bonchev–Trinajstić information content (AvgIpc) is 3.45. The molecule has 0 saturated carbocycles. The second kappa shape index (κ2) is 11.3. The van der Waals surface area contributed by atoms with E-state index in [-0.39, 0.29) is 34.7 Å². The van der Waals surface area contributed by atoms with Crippen molar-refractivity contribution >= 4 is 16.8 Å². The first kappa shape index (κ1) is 29.4. The van der Waals surface area contributed by atoms with Crippen molar-refractivity contribution in [2.24, 2.45) is 0 Å². The molecule has 0 bridgehead atoms. The van der Waals surface area contributed by atoms with Gasteiger partial charge in [-0.2, -0.15) is 0 Å². The number of rotatable bonds is 8. The quantitative estimate of drug-likeness (QED) is 0.241. The zero-order chi connectivity index (χ0) is 30.2. The van der Waals surface area contributed by atoms with Crippen LogP contribution in [0, 0.1) is 11.6 Å². The SMILES string of the molecule is COc1cc(C(=O)NCC2(c3cc(C(C)(C)O)c(F)c(-c4ccc(F)cc4)n3)CCCO2)cc2cc(C(F)F)cnc12. The number of fused-ring (bicyclic) bond motifs is 1. The van der Waals surface area contributed by atoms with Crippen molar-refractivity contribution < 1.29 is 36.9 Å². The third-order valence-corrected chi connectivity index (χ3v) is 7.34. The summed E-state index contributed by atoms with van der Waals surface area (Å²) in [5.41, 5.74) is -2.09. The molecule has 0 spiro atoms. The number of aromatic nitrogens is 2. The molecule has 1 fully saturated rings. The highest BCUT2D eigenvalue weighted by molar-refractivity contribution is 6.00. The predicted octanol–water partition coefficient (Wildman–Crippen LogP) is 6.18. The first-order chi connectivity index (χ1) is 19.9. The molecule has 1 amide bonds. The first-order valence-corrected chi connectivity index (χ1v) is 13.3. The normalized spacial score (nSPS) is 17.2. The van der Waals surface area contributed by atoms with Gasteiger partial charge in [-0.3, -0.25) is 9.78 Å². The Labute approximate surface area is 239 Å². The summed E-state index contributed by atoms with van der Waals surface area (Å²) >= 11 is 0. The largest absolute Gasteiger partial charge is 0.494 e. The molecule has 0 aliphatic carbocycles. The molecule has 0 radical (unpaired) electrons. The Morgan fingerprint density at radius 1 is 1.17 bits per heavy atom. The fourth-order valence-electron chi connectivity index (χ4n) is 5.10. The number of hydrogen-bond acceptors (Lipinski definition) is 6. The number of amides is 1. The van der Waals surface area contributed by atoms with Gasteiger partial charge < -0.3 is 19.9 Å². The lowest BCUT2D eigenvalue weighted by molar-refractivity contribution is -0.00266. The van der Waals surface area contributed by atoms with Crippen LogP contribution in [0.25, 0.3) is 22.2 Å². The van der Waals surface area contributed by atoms with Crippen LogP contribution in [0.4, 0.5) is 17.6 Å². The molecule has 1 atom stereocenters. The number of nitrogens with zero attached hydrogens (tertiary/aromatic N) is 2. The van der Waals surface area contributed by atoms with E-state index >= 15 is 4.39 Å². The molecular weight excluding hydrogens is 554 g/mol. The van der Waals surface area contributed by atoms with E-state index in [1.165, 1.54) is 69.5 Å². The van der Waals surface area contributed by atoms with Crippen molar-refractivity contribution in [2.45, 2.75) is 44.3 Å². The van der Waals surface area contributed by atoms with E-state index in [1.54, 1.807) is 0 Å². The highest BCUT2D eigenvalue weighted by atomic mass is 19.3. The Balaban J connectivity index is 1.52. The van der Waals surface area contributed by atoms with Crippen molar-refractivity contribution in [1.82, 2.24) is 15.3 Å². The molecule has 2 aromatic heterocycles. The minimum Gasteiger partial charge on any atom is -0.494 e. The van der Waals surface area contributed by atoms with Gasteiger partial charge in [-0.15, -0.1) is 0 Å². The number of carbonyl (C=O) groups is 1. The second-order valence-corrected chi connectivity index (χ2v) is 10.7. The van der Waals surface area contributed by atoms with E-state index in [0.717, 1.165) is 6.20 Å². The van der Waals surface area contributed by atoms with E-state index in [0.29, 0.717) is 41.6 Å². The average molecular weight is 584 g/mol. The highest BCUT2D eigenvalue weighted by Gasteiger charge is 2.41. The number of carbonyl (C=O) groups excluding carboxylic acids is 1. The van der Waals surface area contributed by atoms with Crippen molar-refractivity contribution in [1.29, 1.82) is 0 Å².